The summed E-state index contributed by atoms with van der Waals surface area (Å²) < 4.78 is 0. The average molecular weight is 179 g/mol. The number of phenols is 2. The number of phenolic OH excluding ortho intramolecular Hbond substituents is 2. The summed E-state index contributed by atoms with van der Waals surface area (Å²) in [5, 5.41) is 20.4. The molecule has 0 aliphatic carbocycles. The van der Waals surface area contributed by atoms with Crippen molar-refractivity contribution >= 4 is 17.4 Å². The lowest BCUT2D eigenvalue weighted by Crippen LogP contribution is -2.12. The normalized spacial score (nSPS) is 14.2. The predicted octanol–water partition coefficient (Wildman–Crippen LogP) is 0.233. The molecule has 0 saturated carbocycles. The van der Waals surface area contributed by atoms with Gasteiger partial charge in [-0.2, -0.15) is 0 Å². The minimum atomic E-state index is -0.795. The van der Waals surface area contributed by atoms with Crippen LogP contribution >= 0.6 is 0 Å². The van der Waals surface area contributed by atoms with E-state index < -0.39 is 11.7 Å². The number of Topliss-reactive ketones (excluding diaryl/α,β-unsaturated/α-hetero) is 1. The number of hydrogen-bond donors (Lipinski definition) is 3. The van der Waals surface area contributed by atoms with Crippen molar-refractivity contribution in [2.24, 2.45) is 0 Å². The molecule has 1 amide bonds. The van der Waals surface area contributed by atoms with Gasteiger partial charge in [-0.25, -0.2) is 0 Å². The molecule has 1 aromatic rings. The molecule has 0 fully saturated rings. The zero-order valence-electron chi connectivity index (χ0n) is 6.37. The highest BCUT2D eigenvalue weighted by molar-refractivity contribution is 6.52. The van der Waals surface area contributed by atoms with Gasteiger partial charge < -0.3 is 15.5 Å². The lowest BCUT2D eigenvalue weighted by atomic mass is 10.1. The van der Waals surface area contributed by atoms with Crippen LogP contribution in [0.2, 0.25) is 0 Å². The topological polar surface area (TPSA) is 86.6 Å². The molecule has 0 bridgehead atoms. The zero-order valence-corrected chi connectivity index (χ0v) is 6.37. The van der Waals surface area contributed by atoms with E-state index in [0.717, 1.165) is 12.1 Å². The molecular formula is C8H5NO4. The van der Waals surface area contributed by atoms with Crippen LogP contribution in [0, 0.1) is 0 Å². The number of hydrogen-bond acceptors (Lipinski definition) is 4. The van der Waals surface area contributed by atoms with Crippen LogP contribution in [0.4, 0.5) is 5.69 Å². The fourth-order valence-corrected chi connectivity index (χ4v) is 1.21. The number of nitrogens with one attached hydrogen (secondary N) is 1. The molecule has 1 aliphatic heterocycles. The Morgan fingerprint density at radius 1 is 1.15 bits per heavy atom. The number of rotatable bonds is 0. The van der Waals surface area contributed by atoms with E-state index >= 15 is 0 Å². The number of amides is 1. The molecule has 0 radical (unpaired) electrons. The van der Waals surface area contributed by atoms with Crippen LogP contribution in [0.5, 0.6) is 11.5 Å². The second kappa shape index (κ2) is 2.22. The Labute approximate surface area is 72.6 Å². The molecular weight excluding hydrogens is 174 g/mol. The van der Waals surface area contributed by atoms with Crippen molar-refractivity contribution in [2.75, 3.05) is 5.32 Å². The number of benzene rings is 1. The summed E-state index contributed by atoms with van der Waals surface area (Å²) in [6.07, 6.45) is 0. The van der Waals surface area contributed by atoms with Crippen molar-refractivity contribution in [2.45, 2.75) is 0 Å². The summed E-state index contributed by atoms with van der Waals surface area (Å²) >= 11 is 0. The highest BCUT2D eigenvalue weighted by atomic mass is 16.3. The number of ketones is 1. The smallest absolute Gasteiger partial charge is 0.296 e. The van der Waals surface area contributed by atoms with Gasteiger partial charge in [0.05, 0.1) is 11.3 Å². The Kier molecular flexibility index (Phi) is 1.30. The zero-order chi connectivity index (χ0) is 9.59. The third-order valence-corrected chi connectivity index (χ3v) is 1.79. The van der Waals surface area contributed by atoms with E-state index in [9.17, 15) is 14.7 Å². The number of carbonyl (C=O) groups excluding carboxylic acids is 2. The quantitative estimate of drug-likeness (QED) is 0.302. The van der Waals surface area contributed by atoms with Crippen molar-refractivity contribution in [3.05, 3.63) is 17.7 Å². The molecule has 5 nitrogen and oxygen atoms in total. The van der Waals surface area contributed by atoms with Gasteiger partial charge in [0, 0.05) is 6.07 Å². The number of aromatic hydroxyl groups is 2. The molecule has 1 aromatic carbocycles. The van der Waals surface area contributed by atoms with Gasteiger partial charge in [-0.1, -0.05) is 0 Å². The summed E-state index contributed by atoms with van der Waals surface area (Å²) in [5.41, 5.74) is 0.0651. The maximum Gasteiger partial charge on any atom is 0.296 e. The number of fused-ring (bicyclic) bond motifs is 1. The average Bonchev–Trinajstić information content (AvgIpc) is 2.32. The van der Waals surface area contributed by atoms with Crippen LogP contribution in [0.15, 0.2) is 12.1 Å². The largest absolute Gasteiger partial charge is 0.508 e. The first kappa shape index (κ1) is 7.60. The maximum atomic E-state index is 11.1. The first-order chi connectivity index (χ1) is 6.09. The van der Waals surface area contributed by atoms with Gasteiger partial charge in [0.15, 0.2) is 0 Å². The Hall–Kier alpha value is -2.04. The van der Waals surface area contributed by atoms with E-state index in [0.29, 0.717) is 0 Å². The fourth-order valence-electron chi connectivity index (χ4n) is 1.21. The van der Waals surface area contributed by atoms with E-state index in [1.54, 1.807) is 0 Å². The van der Waals surface area contributed by atoms with Gasteiger partial charge in [0.2, 0.25) is 0 Å². The van der Waals surface area contributed by atoms with Crippen molar-refractivity contribution in [3.63, 3.8) is 0 Å². The van der Waals surface area contributed by atoms with E-state index in [1.165, 1.54) is 0 Å². The SMILES string of the molecule is O=C1Nc2c(O)cc(O)cc2C1=O. The third kappa shape index (κ3) is 0.936. The summed E-state index contributed by atoms with van der Waals surface area (Å²) in [4.78, 5) is 21.9. The summed E-state index contributed by atoms with van der Waals surface area (Å²) in [6.45, 7) is 0. The van der Waals surface area contributed by atoms with Gasteiger partial charge in [0.1, 0.15) is 11.5 Å². The number of anilines is 1. The maximum absolute atomic E-state index is 11.1. The van der Waals surface area contributed by atoms with Crippen LogP contribution < -0.4 is 5.32 Å². The van der Waals surface area contributed by atoms with Gasteiger partial charge in [-0.15, -0.1) is 0 Å². The second-order valence-electron chi connectivity index (χ2n) is 2.67. The predicted molar refractivity (Wildman–Crippen MR) is 42.7 cm³/mol. The van der Waals surface area contributed by atoms with Crippen LogP contribution in [-0.2, 0) is 4.79 Å². The highest BCUT2D eigenvalue weighted by Crippen LogP contribution is 2.35. The van der Waals surface area contributed by atoms with E-state index in [-0.39, 0.29) is 22.7 Å². The minimum Gasteiger partial charge on any atom is -0.508 e. The summed E-state index contributed by atoms with van der Waals surface area (Å²) in [6, 6.07) is 2.19. The molecule has 2 rings (SSSR count). The van der Waals surface area contributed by atoms with Crippen molar-refractivity contribution < 1.29 is 19.8 Å². The first-order valence-electron chi connectivity index (χ1n) is 3.51. The summed E-state index contributed by atoms with van der Waals surface area (Å²) in [5.74, 6) is -2.10. The number of carbonyl (C=O) groups is 2. The van der Waals surface area contributed by atoms with Crippen molar-refractivity contribution in [1.82, 2.24) is 0 Å². The molecule has 1 aliphatic rings. The highest BCUT2D eigenvalue weighted by Gasteiger charge is 2.30. The molecule has 66 valence electrons. The first-order valence-corrected chi connectivity index (χ1v) is 3.51. The minimum absolute atomic E-state index is 0.00231. The molecule has 0 unspecified atom stereocenters. The monoisotopic (exact) mass is 179 g/mol. The Balaban J connectivity index is 2.70. The van der Waals surface area contributed by atoms with E-state index in [2.05, 4.69) is 5.32 Å². The molecule has 0 atom stereocenters. The van der Waals surface area contributed by atoms with Crippen molar-refractivity contribution in [1.29, 1.82) is 0 Å². The Morgan fingerprint density at radius 2 is 1.85 bits per heavy atom. The van der Waals surface area contributed by atoms with Crippen molar-refractivity contribution in [3.8, 4) is 11.5 Å². The molecule has 0 aromatic heterocycles. The van der Waals surface area contributed by atoms with E-state index in [4.69, 9.17) is 5.11 Å². The van der Waals surface area contributed by atoms with Gasteiger partial charge in [-0.3, -0.25) is 9.59 Å². The Morgan fingerprint density at radius 3 is 2.54 bits per heavy atom. The molecule has 3 N–H and O–H groups in total. The van der Waals surface area contributed by atoms with Crippen LogP contribution in [0.3, 0.4) is 0 Å². The fraction of sp³-hybridized carbons (Fsp3) is 0. The lowest BCUT2D eigenvalue weighted by molar-refractivity contribution is -0.112. The van der Waals surface area contributed by atoms with Crippen LogP contribution in [0.1, 0.15) is 10.4 Å². The van der Waals surface area contributed by atoms with E-state index in [1.807, 2.05) is 0 Å². The molecule has 0 saturated heterocycles. The van der Waals surface area contributed by atoms with Crippen LogP contribution in [-0.4, -0.2) is 21.9 Å². The molecule has 1 heterocycles. The molecule has 13 heavy (non-hydrogen) atoms. The van der Waals surface area contributed by atoms with Crippen LogP contribution in [0.25, 0.3) is 0 Å². The van der Waals surface area contributed by atoms with Gasteiger partial charge in [-0.05, 0) is 6.07 Å². The standard InChI is InChI=1S/C8H5NO4/c10-3-1-4-6(5(11)2-3)9-8(13)7(4)12/h1-2,10-11H,(H,9,12,13). The van der Waals surface area contributed by atoms with Gasteiger partial charge >= 0.3 is 0 Å². The molecule has 0 spiro atoms. The molecule has 5 heteroatoms. The van der Waals surface area contributed by atoms with Gasteiger partial charge in [0.25, 0.3) is 11.7 Å². The lowest BCUT2D eigenvalue weighted by Gasteiger charge is -2.00. The second-order valence-corrected chi connectivity index (χ2v) is 2.67. The Bertz CT molecular complexity index is 424. The summed E-state index contributed by atoms with van der Waals surface area (Å²) in [7, 11) is 0. The third-order valence-electron chi connectivity index (χ3n) is 1.79.